The Kier molecular flexibility index (Phi) is 2.11. The number of phenols is 1. The topological polar surface area (TPSA) is 33.4 Å². The summed E-state index contributed by atoms with van der Waals surface area (Å²) >= 11 is 0. The van der Waals surface area contributed by atoms with E-state index < -0.39 is 5.82 Å². The van der Waals surface area contributed by atoms with Crippen LogP contribution in [0.15, 0.2) is 52.9 Å². The summed E-state index contributed by atoms with van der Waals surface area (Å²) in [5, 5.41) is 10.1. The van der Waals surface area contributed by atoms with Crippen LogP contribution in [0.25, 0.3) is 22.3 Å². The molecule has 17 heavy (non-hydrogen) atoms. The molecule has 3 aromatic rings. The van der Waals surface area contributed by atoms with Gasteiger partial charge >= 0.3 is 0 Å². The Hall–Kier alpha value is -2.29. The molecule has 0 radical (unpaired) electrons. The van der Waals surface area contributed by atoms with Crippen LogP contribution in [0, 0.1) is 5.82 Å². The van der Waals surface area contributed by atoms with E-state index in [1.54, 1.807) is 6.07 Å². The number of hydrogen-bond donors (Lipinski definition) is 1. The molecule has 0 bridgehead atoms. The van der Waals surface area contributed by atoms with Gasteiger partial charge in [0.15, 0.2) is 0 Å². The summed E-state index contributed by atoms with van der Waals surface area (Å²) in [6, 6.07) is 13.3. The average Bonchev–Trinajstić information content (AvgIpc) is 2.72. The van der Waals surface area contributed by atoms with Crippen LogP contribution >= 0.6 is 0 Å². The number of hydrogen-bond acceptors (Lipinski definition) is 2. The van der Waals surface area contributed by atoms with E-state index in [-0.39, 0.29) is 5.75 Å². The number of benzene rings is 2. The van der Waals surface area contributed by atoms with E-state index in [0.717, 1.165) is 17.0 Å². The molecule has 2 aromatic carbocycles. The predicted octanol–water partition coefficient (Wildman–Crippen LogP) is 3.94. The maximum absolute atomic E-state index is 13.6. The van der Waals surface area contributed by atoms with Crippen molar-refractivity contribution in [2.75, 3.05) is 0 Å². The fraction of sp³-hybridized carbons (Fsp3) is 0. The van der Waals surface area contributed by atoms with Crippen molar-refractivity contribution in [3.05, 3.63) is 54.3 Å². The summed E-state index contributed by atoms with van der Waals surface area (Å²) in [7, 11) is 0. The number of halogens is 1. The third kappa shape index (κ3) is 1.65. The highest BCUT2D eigenvalue weighted by Crippen LogP contribution is 2.30. The third-order valence-electron chi connectivity index (χ3n) is 2.64. The lowest BCUT2D eigenvalue weighted by Gasteiger charge is -1.99. The number of rotatable bonds is 1. The molecule has 2 nitrogen and oxygen atoms in total. The molecule has 0 aliphatic heterocycles. The van der Waals surface area contributed by atoms with E-state index in [1.807, 2.05) is 24.3 Å². The Balaban J connectivity index is 2.20. The highest BCUT2D eigenvalue weighted by Gasteiger charge is 2.10. The molecule has 0 spiro atoms. The molecule has 0 atom stereocenters. The van der Waals surface area contributed by atoms with Crippen molar-refractivity contribution in [2.24, 2.45) is 0 Å². The van der Waals surface area contributed by atoms with Crippen LogP contribution in [0.3, 0.4) is 0 Å². The molecular weight excluding hydrogens is 219 g/mol. The lowest BCUT2D eigenvalue weighted by molar-refractivity contribution is 0.469. The number of fused-ring (bicyclic) bond motifs is 1. The smallest absolute Gasteiger partial charge is 0.138 e. The van der Waals surface area contributed by atoms with Gasteiger partial charge in [-0.3, -0.25) is 0 Å². The largest absolute Gasteiger partial charge is 0.508 e. The van der Waals surface area contributed by atoms with Crippen molar-refractivity contribution in [3.63, 3.8) is 0 Å². The zero-order valence-corrected chi connectivity index (χ0v) is 8.85. The first-order valence-electron chi connectivity index (χ1n) is 5.21. The van der Waals surface area contributed by atoms with Crippen LogP contribution in [0.5, 0.6) is 5.75 Å². The molecule has 0 unspecified atom stereocenters. The van der Waals surface area contributed by atoms with Gasteiger partial charge in [-0.25, -0.2) is 4.39 Å². The predicted molar refractivity (Wildman–Crippen MR) is 63.3 cm³/mol. The average molecular weight is 228 g/mol. The normalized spacial score (nSPS) is 10.9. The van der Waals surface area contributed by atoms with Crippen molar-refractivity contribution < 1.29 is 13.9 Å². The van der Waals surface area contributed by atoms with Crippen molar-refractivity contribution in [2.45, 2.75) is 0 Å². The molecule has 0 saturated heterocycles. The molecule has 84 valence electrons. The van der Waals surface area contributed by atoms with Crippen molar-refractivity contribution in [1.29, 1.82) is 0 Å². The minimum absolute atomic E-state index is 0.0950. The lowest BCUT2D eigenvalue weighted by atomic mass is 10.1. The van der Waals surface area contributed by atoms with Crippen LogP contribution < -0.4 is 0 Å². The first-order chi connectivity index (χ1) is 8.24. The van der Waals surface area contributed by atoms with Crippen molar-refractivity contribution >= 4 is 11.0 Å². The van der Waals surface area contributed by atoms with Gasteiger partial charge in [0.25, 0.3) is 0 Å². The second kappa shape index (κ2) is 3.63. The summed E-state index contributed by atoms with van der Waals surface area (Å²) in [4.78, 5) is 0. The van der Waals surface area contributed by atoms with Gasteiger partial charge in [0, 0.05) is 11.5 Å². The van der Waals surface area contributed by atoms with E-state index >= 15 is 0 Å². The maximum Gasteiger partial charge on any atom is 0.138 e. The number of para-hydroxylation sites is 1. The third-order valence-corrected chi connectivity index (χ3v) is 2.64. The van der Waals surface area contributed by atoms with Crippen molar-refractivity contribution in [1.82, 2.24) is 0 Å². The zero-order valence-electron chi connectivity index (χ0n) is 8.85. The molecule has 1 aromatic heterocycles. The second-order valence-electron chi connectivity index (χ2n) is 3.81. The molecule has 1 heterocycles. The summed E-state index contributed by atoms with van der Waals surface area (Å²) in [5.41, 5.74) is 1.06. The molecule has 0 fully saturated rings. The summed E-state index contributed by atoms with van der Waals surface area (Å²) in [6.45, 7) is 0. The first kappa shape index (κ1) is 9.90. The highest BCUT2D eigenvalue weighted by atomic mass is 19.1. The Morgan fingerprint density at radius 3 is 2.59 bits per heavy atom. The van der Waals surface area contributed by atoms with Gasteiger partial charge in [-0.15, -0.1) is 0 Å². The number of furan rings is 1. The SMILES string of the molecule is Oc1ccc(-c2cc3ccccc3o2)c(F)c1. The molecule has 3 rings (SSSR count). The second-order valence-corrected chi connectivity index (χ2v) is 3.81. The van der Waals surface area contributed by atoms with Crippen LogP contribution in [-0.2, 0) is 0 Å². The maximum atomic E-state index is 13.6. The fourth-order valence-corrected chi connectivity index (χ4v) is 1.82. The lowest BCUT2D eigenvalue weighted by Crippen LogP contribution is -1.80. The molecule has 0 saturated carbocycles. The Morgan fingerprint density at radius 1 is 1.00 bits per heavy atom. The summed E-state index contributed by atoms with van der Waals surface area (Å²) in [5.74, 6) is -0.130. The first-order valence-corrected chi connectivity index (χ1v) is 5.21. The minimum Gasteiger partial charge on any atom is -0.508 e. The van der Waals surface area contributed by atoms with Gasteiger partial charge in [-0.1, -0.05) is 18.2 Å². The van der Waals surface area contributed by atoms with E-state index in [2.05, 4.69) is 0 Å². The Morgan fingerprint density at radius 2 is 1.82 bits per heavy atom. The van der Waals surface area contributed by atoms with E-state index in [9.17, 15) is 4.39 Å². The van der Waals surface area contributed by atoms with E-state index in [0.29, 0.717) is 11.3 Å². The Bertz CT molecular complexity index is 653. The van der Waals surface area contributed by atoms with Crippen LogP contribution in [0.1, 0.15) is 0 Å². The molecule has 0 amide bonds. The van der Waals surface area contributed by atoms with Gasteiger partial charge in [0.05, 0.1) is 5.56 Å². The molecule has 1 N–H and O–H groups in total. The number of aromatic hydroxyl groups is 1. The zero-order chi connectivity index (χ0) is 11.8. The highest BCUT2D eigenvalue weighted by molar-refractivity contribution is 5.82. The number of phenolic OH excluding ortho intramolecular Hbond substituents is 1. The van der Waals surface area contributed by atoms with Crippen molar-refractivity contribution in [3.8, 4) is 17.1 Å². The summed E-state index contributed by atoms with van der Waals surface area (Å²) in [6.07, 6.45) is 0. The van der Waals surface area contributed by atoms with Gasteiger partial charge < -0.3 is 9.52 Å². The van der Waals surface area contributed by atoms with Gasteiger partial charge in [-0.2, -0.15) is 0 Å². The summed E-state index contributed by atoms with van der Waals surface area (Å²) < 4.78 is 19.2. The monoisotopic (exact) mass is 228 g/mol. The minimum atomic E-state index is -0.496. The fourth-order valence-electron chi connectivity index (χ4n) is 1.82. The van der Waals surface area contributed by atoms with Gasteiger partial charge in [-0.05, 0) is 24.3 Å². The molecule has 0 aliphatic rings. The molecule has 0 aliphatic carbocycles. The Labute approximate surface area is 96.9 Å². The standard InChI is InChI=1S/C14H9FO2/c15-12-8-10(16)5-6-11(12)14-7-9-3-1-2-4-13(9)17-14/h1-8,16H. The van der Waals surface area contributed by atoms with Crippen LogP contribution in [-0.4, -0.2) is 5.11 Å². The van der Waals surface area contributed by atoms with Crippen LogP contribution in [0.2, 0.25) is 0 Å². The quantitative estimate of drug-likeness (QED) is 0.684. The molecule has 3 heteroatoms. The van der Waals surface area contributed by atoms with E-state index in [4.69, 9.17) is 9.52 Å². The van der Waals surface area contributed by atoms with E-state index in [1.165, 1.54) is 12.1 Å². The van der Waals surface area contributed by atoms with Gasteiger partial charge in [0.1, 0.15) is 22.9 Å². The molecular formula is C14H9FO2. The van der Waals surface area contributed by atoms with Gasteiger partial charge in [0.2, 0.25) is 0 Å². The van der Waals surface area contributed by atoms with Crippen LogP contribution in [0.4, 0.5) is 4.39 Å².